The van der Waals surface area contributed by atoms with Crippen LogP contribution in [0.2, 0.25) is 0 Å². The minimum atomic E-state index is -0.335. The second-order valence-electron chi connectivity index (χ2n) is 6.14. The Labute approximate surface area is 129 Å². The lowest BCUT2D eigenvalue weighted by molar-refractivity contribution is 0.252. The molecule has 2 heterocycles. The van der Waals surface area contributed by atoms with Crippen molar-refractivity contribution in [3.8, 4) is 0 Å². The molecule has 0 radical (unpaired) electrons. The molecule has 1 N–H and O–H groups in total. The number of pyridine rings is 1. The largest absolute Gasteiger partial charge is 0.322 e. The molecule has 0 amide bonds. The van der Waals surface area contributed by atoms with Gasteiger partial charge in [-0.05, 0) is 62.6 Å². The minimum Gasteiger partial charge on any atom is -0.322 e. The average Bonchev–Trinajstić information content (AvgIpc) is 2.99. The number of benzene rings is 1. The standard InChI is InChI=1S/C17H22FN3O/c1-20(8-9-21-6-2-3-7-21)12-14-10-13-4-5-15(18)11-16(13)19-17(14)22/h4-5,10-11H,2-3,6-9,12H2,1H3,(H,19,22). The molecule has 0 saturated carbocycles. The molecule has 1 saturated heterocycles. The highest BCUT2D eigenvalue weighted by molar-refractivity contribution is 5.78. The van der Waals surface area contributed by atoms with Gasteiger partial charge in [0.25, 0.3) is 5.56 Å². The molecule has 118 valence electrons. The summed E-state index contributed by atoms with van der Waals surface area (Å²) in [6.45, 7) is 4.98. The van der Waals surface area contributed by atoms with Crippen molar-refractivity contribution in [2.75, 3.05) is 33.2 Å². The molecule has 5 heteroatoms. The van der Waals surface area contributed by atoms with Crippen molar-refractivity contribution >= 4 is 10.9 Å². The maximum atomic E-state index is 13.2. The summed E-state index contributed by atoms with van der Waals surface area (Å²) in [5, 5.41) is 0.865. The maximum Gasteiger partial charge on any atom is 0.252 e. The summed E-state index contributed by atoms with van der Waals surface area (Å²) in [5.74, 6) is -0.335. The van der Waals surface area contributed by atoms with Crippen LogP contribution in [0.3, 0.4) is 0 Å². The van der Waals surface area contributed by atoms with Gasteiger partial charge in [-0.1, -0.05) is 0 Å². The molecule has 0 unspecified atom stereocenters. The number of aromatic nitrogens is 1. The number of hydrogen-bond donors (Lipinski definition) is 1. The molecular formula is C17H22FN3O. The highest BCUT2D eigenvalue weighted by atomic mass is 19.1. The summed E-state index contributed by atoms with van der Waals surface area (Å²) in [7, 11) is 2.03. The van der Waals surface area contributed by atoms with Crippen LogP contribution in [-0.4, -0.2) is 48.0 Å². The van der Waals surface area contributed by atoms with Crippen molar-refractivity contribution in [2.45, 2.75) is 19.4 Å². The van der Waals surface area contributed by atoms with E-state index in [-0.39, 0.29) is 11.4 Å². The predicted octanol–water partition coefficient (Wildman–Crippen LogP) is 2.19. The van der Waals surface area contributed by atoms with E-state index in [1.807, 2.05) is 13.1 Å². The minimum absolute atomic E-state index is 0.133. The number of rotatable bonds is 5. The molecule has 1 fully saturated rings. The normalized spacial score (nSPS) is 16.0. The first-order valence-corrected chi connectivity index (χ1v) is 7.84. The zero-order valence-corrected chi connectivity index (χ0v) is 12.9. The third kappa shape index (κ3) is 3.54. The Balaban J connectivity index is 1.68. The summed E-state index contributed by atoms with van der Waals surface area (Å²) in [4.78, 5) is 19.5. The Kier molecular flexibility index (Phi) is 4.55. The van der Waals surface area contributed by atoms with Gasteiger partial charge < -0.3 is 14.8 Å². The Hall–Kier alpha value is -1.72. The van der Waals surface area contributed by atoms with Crippen molar-refractivity contribution in [1.82, 2.24) is 14.8 Å². The van der Waals surface area contributed by atoms with E-state index in [1.165, 1.54) is 38.1 Å². The van der Waals surface area contributed by atoms with Crippen LogP contribution in [0.1, 0.15) is 18.4 Å². The molecule has 2 aromatic rings. The quantitative estimate of drug-likeness (QED) is 0.920. The van der Waals surface area contributed by atoms with Crippen LogP contribution in [0.5, 0.6) is 0 Å². The third-order valence-corrected chi connectivity index (χ3v) is 4.32. The number of nitrogens with zero attached hydrogens (tertiary/aromatic N) is 2. The Morgan fingerprint density at radius 1 is 1.27 bits per heavy atom. The van der Waals surface area contributed by atoms with Crippen molar-refractivity contribution in [2.24, 2.45) is 0 Å². The van der Waals surface area contributed by atoms with Crippen molar-refractivity contribution in [3.05, 3.63) is 46.0 Å². The topological polar surface area (TPSA) is 39.3 Å². The van der Waals surface area contributed by atoms with Crippen molar-refractivity contribution < 1.29 is 4.39 Å². The lowest BCUT2D eigenvalue weighted by atomic mass is 10.1. The van der Waals surface area contributed by atoms with E-state index in [4.69, 9.17) is 0 Å². The molecule has 22 heavy (non-hydrogen) atoms. The second kappa shape index (κ2) is 6.58. The Bertz CT molecular complexity index is 707. The molecule has 1 aliphatic heterocycles. The monoisotopic (exact) mass is 303 g/mol. The fraction of sp³-hybridized carbons (Fsp3) is 0.471. The number of likely N-dealkylation sites (tertiary alicyclic amines) is 1. The third-order valence-electron chi connectivity index (χ3n) is 4.32. The molecule has 0 atom stereocenters. The van der Waals surface area contributed by atoms with E-state index in [0.29, 0.717) is 12.1 Å². The summed E-state index contributed by atoms with van der Waals surface area (Å²) in [5.41, 5.74) is 1.14. The number of halogens is 1. The number of likely N-dealkylation sites (N-methyl/N-ethyl adjacent to an activating group) is 1. The van der Waals surface area contributed by atoms with Crippen LogP contribution in [-0.2, 0) is 6.54 Å². The molecular weight excluding hydrogens is 281 g/mol. The van der Waals surface area contributed by atoms with Gasteiger partial charge in [-0.15, -0.1) is 0 Å². The van der Waals surface area contributed by atoms with Gasteiger partial charge >= 0.3 is 0 Å². The fourth-order valence-electron chi connectivity index (χ4n) is 3.02. The van der Waals surface area contributed by atoms with Crippen LogP contribution in [0.15, 0.2) is 29.1 Å². The SMILES string of the molecule is CN(CCN1CCCC1)Cc1cc2ccc(F)cc2[nH]c1=O. The predicted molar refractivity (Wildman–Crippen MR) is 86.5 cm³/mol. The summed E-state index contributed by atoms with van der Waals surface area (Å²) >= 11 is 0. The molecule has 3 rings (SSSR count). The average molecular weight is 303 g/mol. The van der Waals surface area contributed by atoms with Crippen LogP contribution < -0.4 is 5.56 Å². The highest BCUT2D eigenvalue weighted by Gasteiger charge is 2.12. The first-order valence-electron chi connectivity index (χ1n) is 7.84. The van der Waals surface area contributed by atoms with Crippen LogP contribution in [0.25, 0.3) is 10.9 Å². The number of nitrogens with one attached hydrogen (secondary N) is 1. The highest BCUT2D eigenvalue weighted by Crippen LogP contribution is 2.13. The maximum absolute atomic E-state index is 13.2. The Morgan fingerprint density at radius 2 is 2.05 bits per heavy atom. The summed E-state index contributed by atoms with van der Waals surface area (Å²) < 4.78 is 13.2. The zero-order chi connectivity index (χ0) is 15.5. The van der Waals surface area contributed by atoms with Crippen LogP contribution >= 0.6 is 0 Å². The molecule has 1 aromatic heterocycles. The van der Waals surface area contributed by atoms with E-state index in [9.17, 15) is 9.18 Å². The molecule has 0 aliphatic carbocycles. The van der Waals surface area contributed by atoms with E-state index >= 15 is 0 Å². The fourth-order valence-corrected chi connectivity index (χ4v) is 3.02. The molecule has 4 nitrogen and oxygen atoms in total. The number of hydrogen-bond acceptors (Lipinski definition) is 3. The molecule has 1 aromatic carbocycles. The second-order valence-corrected chi connectivity index (χ2v) is 6.14. The first kappa shape index (κ1) is 15.2. The lowest BCUT2D eigenvalue weighted by Gasteiger charge is -2.21. The van der Waals surface area contributed by atoms with E-state index in [1.54, 1.807) is 6.07 Å². The lowest BCUT2D eigenvalue weighted by Crippen LogP contribution is -2.32. The van der Waals surface area contributed by atoms with Gasteiger partial charge in [0.15, 0.2) is 0 Å². The van der Waals surface area contributed by atoms with Gasteiger partial charge in [0.05, 0.1) is 5.52 Å². The molecule has 0 spiro atoms. The van der Waals surface area contributed by atoms with Gasteiger partial charge in [0.1, 0.15) is 5.82 Å². The number of fused-ring (bicyclic) bond motifs is 1. The number of H-pyrrole nitrogens is 1. The summed E-state index contributed by atoms with van der Waals surface area (Å²) in [6.07, 6.45) is 2.59. The van der Waals surface area contributed by atoms with Crippen molar-refractivity contribution in [1.29, 1.82) is 0 Å². The van der Waals surface area contributed by atoms with Gasteiger partial charge in [0.2, 0.25) is 0 Å². The smallest absolute Gasteiger partial charge is 0.252 e. The molecule has 0 bridgehead atoms. The van der Waals surface area contributed by atoms with Gasteiger partial charge in [-0.25, -0.2) is 4.39 Å². The van der Waals surface area contributed by atoms with E-state index in [0.717, 1.165) is 24.0 Å². The van der Waals surface area contributed by atoms with E-state index in [2.05, 4.69) is 14.8 Å². The molecule has 1 aliphatic rings. The van der Waals surface area contributed by atoms with Crippen LogP contribution in [0, 0.1) is 5.82 Å². The number of aromatic amines is 1. The first-order chi connectivity index (χ1) is 10.6. The zero-order valence-electron chi connectivity index (χ0n) is 12.9. The van der Waals surface area contributed by atoms with Gasteiger partial charge in [-0.2, -0.15) is 0 Å². The Morgan fingerprint density at radius 3 is 2.82 bits per heavy atom. The van der Waals surface area contributed by atoms with E-state index < -0.39 is 0 Å². The van der Waals surface area contributed by atoms with Crippen molar-refractivity contribution in [3.63, 3.8) is 0 Å². The van der Waals surface area contributed by atoms with Gasteiger partial charge in [-0.3, -0.25) is 4.79 Å². The van der Waals surface area contributed by atoms with Gasteiger partial charge in [0, 0.05) is 25.2 Å². The van der Waals surface area contributed by atoms with Crippen LogP contribution in [0.4, 0.5) is 4.39 Å². The summed E-state index contributed by atoms with van der Waals surface area (Å²) in [6, 6.07) is 6.34.